The van der Waals surface area contributed by atoms with Crippen molar-refractivity contribution in [1.29, 1.82) is 0 Å². The van der Waals surface area contributed by atoms with E-state index in [1.165, 1.54) is 4.90 Å². The molecule has 0 aliphatic carbocycles. The second kappa shape index (κ2) is 5.17. The summed E-state index contributed by atoms with van der Waals surface area (Å²) in [7, 11) is 1.84. The summed E-state index contributed by atoms with van der Waals surface area (Å²) < 4.78 is 5.57. The quantitative estimate of drug-likeness (QED) is 0.840. The van der Waals surface area contributed by atoms with E-state index in [1.54, 1.807) is 0 Å². The number of imide groups is 1. The molecule has 1 aliphatic rings. The maximum Gasteiger partial charge on any atom is 0.230 e. The Morgan fingerprint density at radius 1 is 1.21 bits per heavy atom. The van der Waals surface area contributed by atoms with Gasteiger partial charge in [0, 0.05) is 12.8 Å². The van der Waals surface area contributed by atoms with E-state index in [0.29, 0.717) is 25.1 Å². The molecule has 0 unspecified atom stereocenters. The standard InChI is InChI=1S/C14H20N2O3/c1-14(2)6-12(17)16(13(18)7-14)9-11-5-4-10(19-11)8-15-3/h4-5,15H,6-9H2,1-3H3. The van der Waals surface area contributed by atoms with Crippen LogP contribution in [0.5, 0.6) is 0 Å². The molecule has 0 atom stereocenters. The van der Waals surface area contributed by atoms with E-state index in [0.717, 1.165) is 5.76 Å². The fourth-order valence-corrected chi connectivity index (χ4v) is 2.32. The van der Waals surface area contributed by atoms with Crippen LogP contribution >= 0.6 is 0 Å². The van der Waals surface area contributed by atoms with Crippen molar-refractivity contribution in [1.82, 2.24) is 10.2 Å². The first kappa shape index (κ1) is 13.8. The lowest BCUT2D eigenvalue weighted by atomic mass is 9.82. The fourth-order valence-electron chi connectivity index (χ4n) is 2.32. The van der Waals surface area contributed by atoms with Crippen molar-refractivity contribution in [3.05, 3.63) is 23.7 Å². The van der Waals surface area contributed by atoms with Crippen LogP contribution in [0, 0.1) is 5.41 Å². The molecule has 1 N–H and O–H groups in total. The number of rotatable bonds is 4. The summed E-state index contributed by atoms with van der Waals surface area (Å²) in [6.45, 7) is 4.75. The summed E-state index contributed by atoms with van der Waals surface area (Å²) in [5, 5.41) is 2.99. The molecule has 2 amide bonds. The van der Waals surface area contributed by atoms with Crippen molar-refractivity contribution in [3.8, 4) is 0 Å². The zero-order chi connectivity index (χ0) is 14.0. The zero-order valence-corrected chi connectivity index (χ0v) is 11.7. The number of likely N-dealkylation sites (tertiary alicyclic amines) is 1. The molecule has 0 spiro atoms. The lowest BCUT2D eigenvalue weighted by Gasteiger charge is -2.34. The Balaban J connectivity index is 2.05. The first-order valence-corrected chi connectivity index (χ1v) is 6.47. The van der Waals surface area contributed by atoms with E-state index in [-0.39, 0.29) is 23.8 Å². The number of hydrogen-bond donors (Lipinski definition) is 1. The molecule has 0 aromatic carbocycles. The lowest BCUT2D eigenvalue weighted by Crippen LogP contribution is -2.45. The molecule has 19 heavy (non-hydrogen) atoms. The Kier molecular flexibility index (Phi) is 3.75. The molecule has 1 fully saturated rings. The van der Waals surface area contributed by atoms with Crippen LogP contribution in [0.4, 0.5) is 0 Å². The van der Waals surface area contributed by atoms with Gasteiger partial charge in [-0.2, -0.15) is 0 Å². The Bertz CT molecular complexity index is 471. The lowest BCUT2D eigenvalue weighted by molar-refractivity contribution is -0.153. The first-order chi connectivity index (χ1) is 8.91. The molecule has 1 saturated heterocycles. The summed E-state index contributed by atoms with van der Waals surface area (Å²) in [4.78, 5) is 25.3. The van der Waals surface area contributed by atoms with Crippen molar-refractivity contribution in [3.63, 3.8) is 0 Å². The van der Waals surface area contributed by atoms with E-state index in [2.05, 4.69) is 5.32 Å². The number of furan rings is 1. The molecule has 104 valence electrons. The number of nitrogens with one attached hydrogen (secondary N) is 1. The maximum atomic E-state index is 12.0. The third-order valence-corrected chi connectivity index (χ3v) is 3.24. The van der Waals surface area contributed by atoms with Crippen molar-refractivity contribution in [2.45, 2.75) is 39.8 Å². The highest BCUT2D eigenvalue weighted by molar-refractivity contribution is 5.98. The van der Waals surface area contributed by atoms with Gasteiger partial charge in [0.05, 0.1) is 13.1 Å². The van der Waals surface area contributed by atoms with Crippen LogP contribution in [0.15, 0.2) is 16.5 Å². The highest BCUT2D eigenvalue weighted by atomic mass is 16.3. The SMILES string of the molecule is CNCc1ccc(CN2C(=O)CC(C)(C)CC2=O)o1. The van der Waals surface area contributed by atoms with Crippen LogP contribution in [0.3, 0.4) is 0 Å². The summed E-state index contributed by atoms with van der Waals surface area (Å²) >= 11 is 0. The third-order valence-electron chi connectivity index (χ3n) is 3.24. The van der Waals surface area contributed by atoms with Crippen molar-refractivity contribution in [2.24, 2.45) is 5.41 Å². The monoisotopic (exact) mass is 264 g/mol. The van der Waals surface area contributed by atoms with Gasteiger partial charge in [-0.25, -0.2) is 0 Å². The van der Waals surface area contributed by atoms with Crippen LogP contribution in [-0.2, 0) is 22.7 Å². The highest BCUT2D eigenvalue weighted by Gasteiger charge is 2.37. The van der Waals surface area contributed by atoms with E-state index >= 15 is 0 Å². The van der Waals surface area contributed by atoms with Gasteiger partial charge >= 0.3 is 0 Å². The van der Waals surface area contributed by atoms with Crippen LogP contribution < -0.4 is 5.32 Å². The summed E-state index contributed by atoms with van der Waals surface area (Å²) in [6, 6.07) is 3.67. The van der Waals surface area contributed by atoms with Gasteiger partial charge in [0.25, 0.3) is 0 Å². The highest BCUT2D eigenvalue weighted by Crippen LogP contribution is 2.32. The molecule has 5 nitrogen and oxygen atoms in total. The second-order valence-electron chi connectivity index (χ2n) is 5.79. The Hall–Kier alpha value is -1.62. The van der Waals surface area contributed by atoms with Gasteiger partial charge in [-0.1, -0.05) is 13.8 Å². The molecule has 0 radical (unpaired) electrons. The summed E-state index contributed by atoms with van der Waals surface area (Å²) in [5.74, 6) is 1.21. The number of amides is 2. The van der Waals surface area contributed by atoms with Crippen LogP contribution in [0.1, 0.15) is 38.2 Å². The zero-order valence-electron chi connectivity index (χ0n) is 11.7. The summed E-state index contributed by atoms with van der Waals surface area (Å²) in [5.41, 5.74) is -0.231. The minimum atomic E-state index is -0.231. The van der Waals surface area contributed by atoms with E-state index in [1.807, 2.05) is 33.0 Å². The Morgan fingerprint density at radius 2 is 1.79 bits per heavy atom. The van der Waals surface area contributed by atoms with E-state index in [4.69, 9.17) is 4.42 Å². The molecule has 5 heteroatoms. The summed E-state index contributed by atoms with van der Waals surface area (Å²) in [6.07, 6.45) is 0.811. The molecule has 1 aromatic rings. The normalized spacial score (nSPS) is 19.0. The first-order valence-electron chi connectivity index (χ1n) is 6.47. The van der Waals surface area contributed by atoms with E-state index in [9.17, 15) is 9.59 Å². The Morgan fingerprint density at radius 3 is 2.37 bits per heavy atom. The molecule has 1 aliphatic heterocycles. The molecule has 1 aromatic heterocycles. The van der Waals surface area contributed by atoms with Gasteiger partial charge in [-0.15, -0.1) is 0 Å². The molecule has 2 rings (SSSR count). The van der Waals surface area contributed by atoms with Gasteiger partial charge < -0.3 is 9.73 Å². The number of nitrogens with zero attached hydrogens (tertiary/aromatic N) is 1. The fraction of sp³-hybridized carbons (Fsp3) is 0.571. The van der Waals surface area contributed by atoms with Crippen molar-refractivity contribution in [2.75, 3.05) is 7.05 Å². The molecular weight excluding hydrogens is 244 g/mol. The van der Waals surface area contributed by atoms with E-state index < -0.39 is 0 Å². The number of piperidine rings is 1. The van der Waals surface area contributed by atoms with Crippen LogP contribution in [0.2, 0.25) is 0 Å². The minimum Gasteiger partial charge on any atom is -0.463 e. The van der Waals surface area contributed by atoms with Crippen molar-refractivity contribution < 1.29 is 14.0 Å². The predicted molar refractivity (Wildman–Crippen MR) is 70.0 cm³/mol. The smallest absolute Gasteiger partial charge is 0.230 e. The molecule has 0 bridgehead atoms. The maximum absolute atomic E-state index is 12.0. The topological polar surface area (TPSA) is 62.6 Å². The van der Waals surface area contributed by atoms with Crippen LogP contribution in [-0.4, -0.2) is 23.8 Å². The van der Waals surface area contributed by atoms with Gasteiger partial charge in [-0.3, -0.25) is 14.5 Å². The average Bonchev–Trinajstić information content (AvgIpc) is 2.70. The van der Waals surface area contributed by atoms with Crippen molar-refractivity contribution >= 4 is 11.8 Å². The largest absolute Gasteiger partial charge is 0.463 e. The molecular formula is C14H20N2O3. The second-order valence-corrected chi connectivity index (χ2v) is 5.79. The van der Waals surface area contributed by atoms with Gasteiger partial charge in [0.1, 0.15) is 11.5 Å². The van der Waals surface area contributed by atoms with Crippen LogP contribution in [0.25, 0.3) is 0 Å². The van der Waals surface area contributed by atoms with Gasteiger partial charge in [0.15, 0.2) is 0 Å². The van der Waals surface area contributed by atoms with Gasteiger partial charge in [0.2, 0.25) is 11.8 Å². The number of hydrogen-bond acceptors (Lipinski definition) is 4. The molecule has 0 saturated carbocycles. The number of carbonyl (C=O) groups excluding carboxylic acids is 2. The Labute approximate surface area is 113 Å². The average molecular weight is 264 g/mol. The van der Waals surface area contributed by atoms with Gasteiger partial charge in [-0.05, 0) is 24.6 Å². The predicted octanol–water partition coefficient (Wildman–Crippen LogP) is 1.67. The number of carbonyl (C=O) groups is 2. The molecule has 2 heterocycles. The third kappa shape index (κ3) is 3.23. The minimum absolute atomic E-state index is 0.118.